The normalized spacial score (nSPS) is 11.6. The van der Waals surface area contributed by atoms with Crippen LogP contribution >= 0.6 is 0 Å². The van der Waals surface area contributed by atoms with Crippen molar-refractivity contribution in [2.75, 3.05) is 20.3 Å². The molecule has 9 heteroatoms. The molecule has 3 N–H and O–H groups in total. The maximum Gasteiger partial charge on any atom is 0.328 e. The lowest BCUT2D eigenvalue weighted by molar-refractivity contribution is -0.143. The minimum atomic E-state index is -0.865. The van der Waals surface area contributed by atoms with Gasteiger partial charge in [-0.15, -0.1) is 0 Å². The fraction of sp³-hybridized carbons (Fsp3) is 0.412. The summed E-state index contributed by atoms with van der Waals surface area (Å²) in [5.41, 5.74) is 1.73. The van der Waals surface area contributed by atoms with Crippen molar-refractivity contribution in [3.05, 3.63) is 30.1 Å². The zero-order chi connectivity index (χ0) is 18.9. The smallest absolute Gasteiger partial charge is 0.328 e. The Morgan fingerprint density at radius 1 is 1.27 bits per heavy atom. The fourth-order valence-corrected chi connectivity index (χ4v) is 2.37. The van der Waals surface area contributed by atoms with E-state index in [-0.39, 0.29) is 13.2 Å². The van der Waals surface area contributed by atoms with E-state index in [0.717, 1.165) is 11.0 Å². The van der Waals surface area contributed by atoms with Gasteiger partial charge < -0.3 is 25.1 Å². The van der Waals surface area contributed by atoms with Crippen molar-refractivity contribution in [3.63, 3.8) is 0 Å². The Morgan fingerprint density at radius 3 is 2.73 bits per heavy atom. The summed E-state index contributed by atoms with van der Waals surface area (Å²) in [6.45, 7) is 1.62. The molecule has 9 nitrogen and oxygen atoms in total. The van der Waals surface area contributed by atoms with Crippen LogP contribution in [0.1, 0.15) is 19.2 Å². The molecule has 2 aromatic rings. The van der Waals surface area contributed by atoms with Gasteiger partial charge in [0.05, 0.1) is 24.8 Å². The van der Waals surface area contributed by atoms with Crippen LogP contribution in [0.4, 0.5) is 4.79 Å². The lowest BCUT2D eigenvalue weighted by atomic mass is 10.1. The Labute approximate surface area is 150 Å². The molecule has 0 aliphatic rings. The molecule has 0 aliphatic carbocycles. The summed E-state index contributed by atoms with van der Waals surface area (Å²) in [6.07, 6.45) is 0.728. The molecule has 2 amide bonds. The number of carbonyl (C=O) groups excluding carboxylic acids is 3. The number of carbonyl (C=O) groups is 3. The molecule has 0 fully saturated rings. The third kappa shape index (κ3) is 5.47. The molecule has 0 unspecified atom stereocenters. The van der Waals surface area contributed by atoms with Crippen molar-refractivity contribution in [1.29, 1.82) is 0 Å². The summed E-state index contributed by atoms with van der Waals surface area (Å²) in [4.78, 5) is 42.6. The number of hydrogen-bond acceptors (Lipinski definition) is 6. The molecule has 1 aromatic heterocycles. The van der Waals surface area contributed by atoms with Crippen molar-refractivity contribution in [1.82, 2.24) is 20.6 Å². The van der Waals surface area contributed by atoms with Gasteiger partial charge in [-0.2, -0.15) is 0 Å². The van der Waals surface area contributed by atoms with Gasteiger partial charge in [-0.1, -0.05) is 12.1 Å². The number of imidazole rings is 1. The van der Waals surface area contributed by atoms with Crippen LogP contribution in [0.2, 0.25) is 0 Å². The third-order valence-electron chi connectivity index (χ3n) is 3.60. The maximum absolute atomic E-state index is 11.9. The Bertz CT molecular complexity index is 740. The highest BCUT2D eigenvalue weighted by Gasteiger charge is 2.22. The van der Waals surface area contributed by atoms with Gasteiger partial charge in [0.2, 0.25) is 0 Å². The highest BCUT2D eigenvalue weighted by molar-refractivity contribution is 5.85. The number of aromatic amines is 1. The summed E-state index contributed by atoms with van der Waals surface area (Å²) in [6, 6.07) is 6.06. The first-order valence-corrected chi connectivity index (χ1v) is 8.25. The lowest BCUT2D eigenvalue weighted by Crippen LogP contribution is -2.48. The molecule has 0 bridgehead atoms. The second-order valence-corrected chi connectivity index (χ2v) is 5.45. The van der Waals surface area contributed by atoms with Gasteiger partial charge in [0, 0.05) is 6.42 Å². The molecule has 1 heterocycles. The predicted molar refractivity (Wildman–Crippen MR) is 93.4 cm³/mol. The molecule has 1 atom stereocenters. The number of fused-ring (bicyclic) bond motifs is 1. The number of aromatic nitrogens is 2. The van der Waals surface area contributed by atoms with Gasteiger partial charge in [0.25, 0.3) is 0 Å². The van der Waals surface area contributed by atoms with Crippen LogP contribution < -0.4 is 10.6 Å². The van der Waals surface area contributed by atoms with Crippen LogP contribution in [0.5, 0.6) is 0 Å². The number of ether oxygens (including phenoxy) is 2. The van der Waals surface area contributed by atoms with Crippen LogP contribution in [0, 0.1) is 0 Å². The van der Waals surface area contributed by atoms with Gasteiger partial charge in [-0.3, -0.25) is 4.79 Å². The van der Waals surface area contributed by atoms with Gasteiger partial charge in [0.15, 0.2) is 0 Å². The summed E-state index contributed by atoms with van der Waals surface area (Å²) in [5, 5.41) is 4.84. The Morgan fingerprint density at radius 2 is 2.04 bits per heavy atom. The Kier molecular flexibility index (Phi) is 6.95. The number of urea groups is 1. The van der Waals surface area contributed by atoms with Gasteiger partial charge in [0.1, 0.15) is 18.4 Å². The number of rotatable bonds is 8. The SMILES string of the molecule is CCOC(=O)CNC(=O)N[C@@H](CCc1nc2ccccc2[nH]1)C(=O)OC. The topological polar surface area (TPSA) is 122 Å². The summed E-state index contributed by atoms with van der Waals surface area (Å²) in [7, 11) is 1.24. The Balaban J connectivity index is 1.91. The van der Waals surface area contributed by atoms with E-state index in [1.807, 2.05) is 24.3 Å². The number of benzene rings is 1. The largest absolute Gasteiger partial charge is 0.467 e. The monoisotopic (exact) mass is 362 g/mol. The van der Waals surface area contributed by atoms with Crippen molar-refractivity contribution in [2.45, 2.75) is 25.8 Å². The zero-order valence-electron chi connectivity index (χ0n) is 14.7. The molecule has 2 rings (SSSR count). The fourth-order valence-electron chi connectivity index (χ4n) is 2.37. The van der Waals surface area contributed by atoms with Crippen molar-refractivity contribution < 1.29 is 23.9 Å². The zero-order valence-corrected chi connectivity index (χ0v) is 14.7. The number of nitrogens with zero attached hydrogens (tertiary/aromatic N) is 1. The molecule has 0 saturated heterocycles. The van der Waals surface area contributed by atoms with Crippen LogP contribution in [0.3, 0.4) is 0 Å². The quantitative estimate of drug-likeness (QED) is 0.600. The summed E-state index contributed by atoms with van der Waals surface area (Å²) >= 11 is 0. The first-order chi connectivity index (χ1) is 12.5. The number of H-pyrrole nitrogens is 1. The highest BCUT2D eigenvalue weighted by atomic mass is 16.5. The molecular formula is C17H22N4O5. The second kappa shape index (κ2) is 9.40. The van der Waals surface area contributed by atoms with Crippen molar-refractivity contribution >= 4 is 29.0 Å². The van der Waals surface area contributed by atoms with E-state index in [0.29, 0.717) is 18.7 Å². The van der Waals surface area contributed by atoms with Gasteiger partial charge in [-0.25, -0.2) is 14.6 Å². The number of aryl methyl sites for hydroxylation is 1. The Hall–Kier alpha value is -3.10. The van der Waals surface area contributed by atoms with E-state index in [1.54, 1.807) is 6.92 Å². The molecular weight excluding hydrogens is 340 g/mol. The first kappa shape index (κ1) is 19.2. The average molecular weight is 362 g/mol. The molecule has 26 heavy (non-hydrogen) atoms. The van der Waals surface area contributed by atoms with Crippen LogP contribution in [-0.4, -0.2) is 54.2 Å². The standard InChI is InChI=1S/C17H22N4O5/c1-3-26-15(22)10-18-17(24)21-13(16(23)25-2)8-9-14-19-11-6-4-5-7-12(11)20-14/h4-7,13H,3,8-10H2,1-2H3,(H,19,20)(H2,18,21,24)/t13-/m0/s1. The van der Waals surface area contributed by atoms with Crippen LogP contribution in [0.15, 0.2) is 24.3 Å². The van der Waals surface area contributed by atoms with E-state index >= 15 is 0 Å². The molecule has 0 aliphatic heterocycles. The number of hydrogen-bond donors (Lipinski definition) is 3. The first-order valence-electron chi connectivity index (χ1n) is 8.25. The lowest BCUT2D eigenvalue weighted by Gasteiger charge is -2.16. The predicted octanol–water partition coefficient (Wildman–Crippen LogP) is 0.899. The molecule has 0 spiro atoms. The van der Waals surface area contributed by atoms with E-state index in [1.165, 1.54) is 7.11 Å². The number of methoxy groups -OCH3 is 1. The summed E-state index contributed by atoms with van der Waals surface area (Å²) < 4.78 is 9.44. The third-order valence-corrected chi connectivity index (χ3v) is 3.60. The van der Waals surface area contributed by atoms with Crippen molar-refractivity contribution in [3.8, 4) is 0 Å². The van der Waals surface area contributed by atoms with Gasteiger partial charge in [-0.05, 0) is 25.5 Å². The highest BCUT2D eigenvalue weighted by Crippen LogP contribution is 2.12. The van der Waals surface area contributed by atoms with E-state index in [4.69, 9.17) is 9.47 Å². The minimum absolute atomic E-state index is 0.227. The number of esters is 2. The van der Waals surface area contributed by atoms with Crippen LogP contribution in [-0.2, 0) is 25.5 Å². The van der Waals surface area contributed by atoms with E-state index in [2.05, 4.69) is 20.6 Å². The minimum Gasteiger partial charge on any atom is -0.467 e. The number of nitrogens with one attached hydrogen (secondary N) is 3. The summed E-state index contributed by atoms with van der Waals surface area (Å²) in [5.74, 6) is -0.430. The second-order valence-electron chi connectivity index (χ2n) is 5.45. The maximum atomic E-state index is 11.9. The molecule has 0 radical (unpaired) electrons. The molecule has 140 valence electrons. The average Bonchev–Trinajstić information content (AvgIpc) is 3.06. The van der Waals surface area contributed by atoms with E-state index < -0.39 is 24.0 Å². The van der Waals surface area contributed by atoms with Crippen molar-refractivity contribution in [2.24, 2.45) is 0 Å². The van der Waals surface area contributed by atoms with Crippen LogP contribution in [0.25, 0.3) is 11.0 Å². The number of para-hydroxylation sites is 2. The molecule has 1 aromatic carbocycles. The number of amides is 2. The van der Waals surface area contributed by atoms with Gasteiger partial charge >= 0.3 is 18.0 Å². The molecule has 0 saturated carbocycles. The van der Waals surface area contributed by atoms with E-state index in [9.17, 15) is 14.4 Å².